The molecular formula is C11H11BrFNO2S. The highest BCUT2D eigenvalue weighted by Gasteiger charge is 2.41. The monoisotopic (exact) mass is 319 g/mol. The average molecular weight is 320 g/mol. The van der Waals surface area contributed by atoms with Crippen LogP contribution < -0.4 is 5.32 Å². The van der Waals surface area contributed by atoms with Crippen molar-refractivity contribution in [2.45, 2.75) is 17.8 Å². The summed E-state index contributed by atoms with van der Waals surface area (Å²) in [4.78, 5) is 10.2. The second-order valence-electron chi connectivity index (χ2n) is 4.00. The summed E-state index contributed by atoms with van der Waals surface area (Å²) in [6.07, 6.45) is 0. The Morgan fingerprint density at radius 2 is 2.41 bits per heavy atom. The van der Waals surface area contributed by atoms with E-state index < -0.39 is 16.9 Å². The SMILES string of the molecule is CC1(c2ccc(Br)cc2F)NC(C(=O)O)CS1. The molecule has 2 N–H and O–H groups in total. The molecule has 1 heterocycles. The van der Waals surface area contributed by atoms with Crippen LogP contribution in [0.5, 0.6) is 0 Å². The van der Waals surface area contributed by atoms with Crippen molar-refractivity contribution >= 4 is 33.7 Å². The summed E-state index contributed by atoms with van der Waals surface area (Å²) in [5.74, 6) is -0.812. The van der Waals surface area contributed by atoms with Crippen molar-refractivity contribution in [3.63, 3.8) is 0 Å². The summed E-state index contributed by atoms with van der Waals surface area (Å²) in [6, 6.07) is 4.17. The van der Waals surface area contributed by atoms with Gasteiger partial charge in [-0.3, -0.25) is 10.1 Å². The number of nitrogens with one attached hydrogen (secondary N) is 1. The van der Waals surface area contributed by atoms with Gasteiger partial charge in [0.15, 0.2) is 0 Å². The Bertz CT molecular complexity index is 471. The van der Waals surface area contributed by atoms with E-state index in [1.807, 2.05) is 0 Å². The molecule has 17 heavy (non-hydrogen) atoms. The normalized spacial score (nSPS) is 28.3. The fraction of sp³-hybridized carbons (Fsp3) is 0.364. The number of aliphatic carboxylic acids is 1. The molecule has 0 radical (unpaired) electrons. The first-order chi connectivity index (χ1) is 7.92. The van der Waals surface area contributed by atoms with Crippen LogP contribution in [0.1, 0.15) is 12.5 Å². The molecule has 1 aromatic rings. The molecule has 2 atom stereocenters. The molecule has 2 rings (SSSR count). The Morgan fingerprint density at radius 1 is 1.71 bits per heavy atom. The summed E-state index contributed by atoms with van der Waals surface area (Å²) in [7, 11) is 0. The number of hydrogen-bond donors (Lipinski definition) is 2. The molecule has 0 amide bonds. The highest BCUT2D eigenvalue weighted by atomic mass is 79.9. The van der Waals surface area contributed by atoms with E-state index in [0.717, 1.165) is 0 Å². The van der Waals surface area contributed by atoms with Gasteiger partial charge < -0.3 is 5.11 Å². The lowest BCUT2D eigenvalue weighted by Crippen LogP contribution is -2.41. The van der Waals surface area contributed by atoms with Crippen LogP contribution in [0, 0.1) is 5.82 Å². The molecule has 1 fully saturated rings. The third-order valence-corrected chi connectivity index (χ3v) is 4.64. The van der Waals surface area contributed by atoms with Crippen LogP contribution in [0.2, 0.25) is 0 Å². The van der Waals surface area contributed by atoms with Crippen molar-refractivity contribution in [1.82, 2.24) is 5.32 Å². The molecule has 2 unspecified atom stereocenters. The minimum Gasteiger partial charge on any atom is -0.480 e. The first-order valence-corrected chi connectivity index (χ1v) is 6.80. The fourth-order valence-corrected chi connectivity index (χ4v) is 3.44. The Balaban J connectivity index is 2.31. The number of carbonyl (C=O) groups is 1. The maximum atomic E-state index is 13.8. The number of hydrogen-bond acceptors (Lipinski definition) is 3. The fourth-order valence-electron chi connectivity index (χ4n) is 1.83. The third kappa shape index (κ3) is 2.48. The van der Waals surface area contributed by atoms with Crippen LogP contribution in [0.3, 0.4) is 0 Å². The van der Waals surface area contributed by atoms with E-state index in [0.29, 0.717) is 15.8 Å². The van der Waals surface area contributed by atoms with Gasteiger partial charge >= 0.3 is 5.97 Å². The van der Waals surface area contributed by atoms with Gasteiger partial charge in [0.1, 0.15) is 11.9 Å². The van der Waals surface area contributed by atoms with Crippen molar-refractivity contribution in [1.29, 1.82) is 0 Å². The van der Waals surface area contributed by atoms with Gasteiger partial charge in [-0.15, -0.1) is 11.8 Å². The lowest BCUT2D eigenvalue weighted by molar-refractivity contribution is -0.138. The summed E-state index contributed by atoms with van der Waals surface area (Å²) in [5, 5.41) is 11.9. The Hall–Kier alpha value is -0.590. The van der Waals surface area contributed by atoms with Gasteiger partial charge in [0.05, 0.1) is 4.87 Å². The zero-order valence-corrected chi connectivity index (χ0v) is 11.4. The van der Waals surface area contributed by atoms with E-state index in [1.165, 1.54) is 17.8 Å². The Kier molecular flexibility index (Phi) is 3.47. The van der Waals surface area contributed by atoms with Gasteiger partial charge in [-0.2, -0.15) is 0 Å². The zero-order chi connectivity index (χ0) is 12.6. The van der Waals surface area contributed by atoms with Gasteiger partial charge in [0.25, 0.3) is 0 Å². The predicted molar refractivity (Wildman–Crippen MR) is 68.5 cm³/mol. The molecule has 0 aromatic heterocycles. The minimum atomic E-state index is -0.904. The molecule has 1 saturated heterocycles. The van der Waals surface area contributed by atoms with Gasteiger partial charge in [-0.25, -0.2) is 4.39 Å². The summed E-state index contributed by atoms with van der Waals surface area (Å²) < 4.78 is 14.5. The van der Waals surface area contributed by atoms with Crippen molar-refractivity contribution in [3.8, 4) is 0 Å². The van der Waals surface area contributed by atoms with Gasteiger partial charge in [-0.05, 0) is 19.1 Å². The number of benzene rings is 1. The second-order valence-corrected chi connectivity index (χ2v) is 6.36. The number of halogens is 2. The maximum absolute atomic E-state index is 13.8. The first kappa shape index (κ1) is 12.9. The highest BCUT2D eigenvalue weighted by Crippen LogP contribution is 2.40. The largest absolute Gasteiger partial charge is 0.480 e. The lowest BCUT2D eigenvalue weighted by Gasteiger charge is -2.25. The molecule has 0 saturated carbocycles. The molecule has 0 spiro atoms. The average Bonchev–Trinajstić information content (AvgIpc) is 2.61. The van der Waals surface area contributed by atoms with E-state index in [4.69, 9.17) is 5.11 Å². The molecule has 1 aliphatic heterocycles. The zero-order valence-electron chi connectivity index (χ0n) is 9.04. The van der Waals surface area contributed by atoms with Crippen LogP contribution in [-0.2, 0) is 9.67 Å². The minimum absolute atomic E-state index is 0.340. The van der Waals surface area contributed by atoms with Crippen LogP contribution >= 0.6 is 27.7 Å². The van der Waals surface area contributed by atoms with Crippen molar-refractivity contribution in [2.24, 2.45) is 0 Å². The van der Waals surface area contributed by atoms with Gasteiger partial charge in [-0.1, -0.05) is 22.0 Å². The molecular weight excluding hydrogens is 309 g/mol. The van der Waals surface area contributed by atoms with Crippen LogP contribution in [0.4, 0.5) is 4.39 Å². The van der Waals surface area contributed by atoms with Crippen LogP contribution in [0.15, 0.2) is 22.7 Å². The van der Waals surface area contributed by atoms with Crippen LogP contribution in [-0.4, -0.2) is 22.9 Å². The van der Waals surface area contributed by atoms with Gasteiger partial charge in [0, 0.05) is 15.8 Å². The van der Waals surface area contributed by atoms with Crippen LogP contribution in [0.25, 0.3) is 0 Å². The topological polar surface area (TPSA) is 49.3 Å². The summed E-state index contributed by atoms with van der Waals surface area (Å²) >= 11 is 4.60. The van der Waals surface area contributed by atoms with Gasteiger partial charge in [0.2, 0.25) is 0 Å². The highest BCUT2D eigenvalue weighted by molar-refractivity contribution is 9.10. The molecule has 92 valence electrons. The molecule has 3 nitrogen and oxygen atoms in total. The van der Waals surface area contributed by atoms with E-state index in [2.05, 4.69) is 21.2 Å². The molecule has 0 aliphatic carbocycles. The Labute approximate surface area is 111 Å². The smallest absolute Gasteiger partial charge is 0.321 e. The Morgan fingerprint density at radius 3 is 2.94 bits per heavy atom. The summed E-state index contributed by atoms with van der Waals surface area (Å²) in [5.41, 5.74) is 0.481. The number of carboxylic acids is 1. The number of thioether (sulfide) groups is 1. The predicted octanol–water partition coefficient (Wildman–Crippen LogP) is 2.55. The number of rotatable bonds is 2. The number of carboxylic acid groups (broad SMARTS) is 1. The standard InChI is InChI=1S/C11H11BrFNO2S/c1-11(14-9(5-17-11)10(15)16)7-3-2-6(12)4-8(7)13/h2-4,9,14H,5H2,1H3,(H,15,16). The van der Waals surface area contributed by atoms with E-state index >= 15 is 0 Å². The van der Waals surface area contributed by atoms with Crippen molar-refractivity contribution in [2.75, 3.05) is 5.75 Å². The van der Waals surface area contributed by atoms with E-state index in [9.17, 15) is 9.18 Å². The molecule has 0 bridgehead atoms. The molecule has 1 aliphatic rings. The van der Waals surface area contributed by atoms with E-state index in [-0.39, 0.29) is 5.82 Å². The van der Waals surface area contributed by atoms with Crippen molar-refractivity contribution in [3.05, 3.63) is 34.1 Å². The molecule has 6 heteroatoms. The second kappa shape index (κ2) is 4.59. The first-order valence-electron chi connectivity index (χ1n) is 5.02. The third-order valence-electron chi connectivity index (χ3n) is 2.73. The van der Waals surface area contributed by atoms with Crippen molar-refractivity contribution < 1.29 is 14.3 Å². The van der Waals surface area contributed by atoms with E-state index in [1.54, 1.807) is 19.1 Å². The maximum Gasteiger partial charge on any atom is 0.321 e. The quantitative estimate of drug-likeness (QED) is 0.879. The lowest BCUT2D eigenvalue weighted by atomic mass is 10.1. The summed E-state index contributed by atoms with van der Waals surface area (Å²) in [6.45, 7) is 1.80. The molecule has 1 aromatic carbocycles.